The van der Waals surface area contributed by atoms with Crippen molar-refractivity contribution in [2.75, 3.05) is 0 Å². The molecule has 2 heterocycles. The number of aromatic nitrogens is 1. The zero-order chi connectivity index (χ0) is 22.3. The fourth-order valence-electron chi connectivity index (χ4n) is 3.59. The monoisotopic (exact) mass is 433 g/mol. The van der Waals surface area contributed by atoms with Crippen molar-refractivity contribution in [1.82, 2.24) is 15.2 Å². The van der Waals surface area contributed by atoms with Crippen LogP contribution in [0.3, 0.4) is 0 Å². The predicted octanol–water partition coefficient (Wildman–Crippen LogP) is 4.44. The van der Waals surface area contributed by atoms with E-state index in [1.165, 1.54) is 22.3 Å². The molecule has 0 saturated heterocycles. The van der Waals surface area contributed by atoms with E-state index in [0.29, 0.717) is 11.1 Å². The second-order valence-corrected chi connectivity index (χ2v) is 9.38. The maximum absolute atomic E-state index is 12.7. The molecule has 0 unspecified atom stereocenters. The number of thiazole rings is 1. The maximum atomic E-state index is 12.7. The fourth-order valence-corrected chi connectivity index (χ4v) is 4.50. The summed E-state index contributed by atoms with van der Waals surface area (Å²) in [6, 6.07) is 12.7. The zero-order valence-electron chi connectivity index (χ0n) is 17.9. The highest BCUT2D eigenvalue weighted by Crippen LogP contribution is 2.30. The molecule has 0 bridgehead atoms. The van der Waals surface area contributed by atoms with Gasteiger partial charge < -0.3 is 5.32 Å². The lowest BCUT2D eigenvalue weighted by Gasteiger charge is -2.29. The number of aryl methyl sites for hydroxylation is 1. The van der Waals surface area contributed by atoms with Gasteiger partial charge in [-0.25, -0.2) is 4.98 Å². The van der Waals surface area contributed by atoms with Crippen molar-refractivity contribution in [3.05, 3.63) is 75.8 Å². The van der Waals surface area contributed by atoms with Crippen molar-refractivity contribution < 1.29 is 14.4 Å². The summed E-state index contributed by atoms with van der Waals surface area (Å²) in [6.45, 7) is 7.74. The Hall–Kier alpha value is -3.32. The van der Waals surface area contributed by atoms with Gasteiger partial charge in [0.1, 0.15) is 5.01 Å². The average Bonchev–Trinajstić information content (AvgIpc) is 3.29. The molecule has 0 aliphatic carbocycles. The molecule has 0 spiro atoms. The summed E-state index contributed by atoms with van der Waals surface area (Å²) in [5.41, 5.74) is 3.30. The highest BCUT2D eigenvalue weighted by molar-refractivity contribution is 7.13. The summed E-state index contributed by atoms with van der Waals surface area (Å²) in [6.07, 6.45) is 0. The van der Waals surface area contributed by atoms with E-state index in [1.54, 1.807) is 32.9 Å². The van der Waals surface area contributed by atoms with Crippen LogP contribution in [0.4, 0.5) is 0 Å². The first-order valence-corrected chi connectivity index (χ1v) is 10.9. The summed E-state index contributed by atoms with van der Waals surface area (Å²) in [7, 11) is 0. The number of imide groups is 1. The molecular weight excluding hydrogens is 410 g/mol. The average molecular weight is 434 g/mol. The van der Waals surface area contributed by atoms with E-state index in [0.717, 1.165) is 21.8 Å². The molecule has 7 heteroatoms. The van der Waals surface area contributed by atoms with Gasteiger partial charge >= 0.3 is 0 Å². The molecule has 1 aromatic heterocycles. The molecule has 0 radical (unpaired) electrons. The zero-order valence-corrected chi connectivity index (χ0v) is 18.7. The van der Waals surface area contributed by atoms with Crippen LogP contribution in [0.1, 0.15) is 63.1 Å². The minimum Gasteiger partial charge on any atom is -0.346 e. The quantitative estimate of drug-likeness (QED) is 0.617. The number of carbonyl (C=O) groups excluding carboxylic acids is 3. The van der Waals surface area contributed by atoms with Crippen molar-refractivity contribution in [1.29, 1.82) is 0 Å². The van der Waals surface area contributed by atoms with Crippen LogP contribution in [0, 0.1) is 6.92 Å². The molecule has 2 aromatic carbocycles. The van der Waals surface area contributed by atoms with Gasteiger partial charge in [0.25, 0.3) is 17.7 Å². The van der Waals surface area contributed by atoms with Crippen molar-refractivity contribution >= 4 is 29.1 Å². The summed E-state index contributed by atoms with van der Waals surface area (Å²) in [4.78, 5) is 43.9. The van der Waals surface area contributed by atoms with Crippen LogP contribution in [0.2, 0.25) is 0 Å². The Morgan fingerprint density at radius 3 is 2.45 bits per heavy atom. The Kier molecular flexibility index (Phi) is 5.23. The van der Waals surface area contributed by atoms with E-state index < -0.39 is 5.54 Å². The van der Waals surface area contributed by atoms with Gasteiger partial charge in [0, 0.05) is 22.0 Å². The van der Waals surface area contributed by atoms with Crippen LogP contribution in [-0.2, 0) is 6.54 Å². The molecule has 31 heavy (non-hydrogen) atoms. The smallest absolute Gasteiger partial charge is 0.262 e. The van der Waals surface area contributed by atoms with Gasteiger partial charge in [-0.1, -0.05) is 24.3 Å². The second-order valence-electron chi connectivity index (χ2n) is 8.52. The Morgan fingerprint density at radius 1 is 1.03 bits per heavy atom. The molecule has 1 aliphatic rings. The van der Waals surface area contributed by atoms with Crippen LogP contribution in [0.25, 0.3) is 10.6 Å². The Morgan fingerprint density at radius 2 is 1.74 bits per heavy atom. The van der Waals surface area contributed by atoms with Gasteiger partial charge in [-0.05, 0) is 51.5 Å². The Balaban J connectivity index is 1.48. The predicted molar refractivity (Wildman–Crippen MR) is 120 cm³/mol. The summed E-state index contributed by atoms with van der Waals surface area (Å²) >= 11 is 1.53. The Labute approximate surface area is 184 Å². The number of fused-ring (bicyclic) bond motifs is 1. The summed E-state index contributed by atoms with van der Waals surface area (Å²) < 4.78 is 0. The molecule has 3 aromatic rings. The first-order valence-electron chi connectivity index (χ1n) is 9.98. The lowest BCUT2D eigenvalue weighted by Crippen LogP contribution is -2.45. The molecule has 1 N–H and O–H groups in total. The van der Waals surface area contributed by atoms with E-state index in [2.05, 4.69) is 10.3 Å². The molecule has 3 amide bonds. The fraction of sp³-hybridized carbons (Fsp3) is 0.250. The highest BCUT2D eigenvalue weighted by atomic mass is 32.1. The van der Waals surface area contributed by atoms with Crippen LogP contribution < -0.4 is 5.32 Å². The molecular formula is C24H23N3O3S. The van der Waals surface area contributed by atoms with Crippen molar-refractivity contribution in [3.8, 4) is 10.6 Å². The lowest BCUT2D eigenvalue weighted by molar-refractivity contribution is 0.0507. The number of rotatable bonds is 4. The number of hydrogen-bond donors (Lipinski definition) is 1. The number of hydrogen-bond acceptors (Lipinski definition) is 5. The van der Waals surface area contributed by atoms with Gasteiger partial charge in [-0.15, -0.1) is 11.3 Å². The number of benzene rings is 2. The van der Waals surface area contributed by atoms with Crippen LogP contribution in [0.5, 0.6) is 0 Å². The van der Waals surface area contributed by atoms with Gasteiger partial charge in [-0.3, -0.25) is 19.3 Å². The molecule has 1 aliphatic heterocycles. The van der Waals surface area contributed by atoms with Gasteiger partial charge in [0.05, 0.1) is 23.4 Å². The maximum Gasteiger partial charge on any atom is 0.262 e. The normalized spacial score (nSPS) is 13.5. The molecule has 0 atom stereocenters. The summed E-state index contributed by atoms with van der Waals surface area (Å²) in [5.74, 6) is -1.02. The van der Waals surface area contributed by atoms with Gasteiger partial charge in [-0.2, -0.15) is 0 Å². The minimum atomic E-state index is -0.630. The van der Waals surface area contributed by atoms with Gasteiger partial charge in [0.15, 0.2) is 0 Å². The molecule has 6 nitrogen and oxygen atoms in total. The molecule has 0 saturated carbocycles. The minimum absolute atomic E-state index is 0.267. The van der Waals surface area contributed by atoms with E-state index in [1.807, 2.05) is 36.6 Å². The second kappa shape index (κ2) is 7.74. The van der Waals surface area contributed by atoms with E-state index in [-0.39, 0.29) is 29.8 Å². The third kappa shape index (κ3) is 3.88. The van der Waals surface area contributed by atoms with E-state index >= 15 is 0 Å². The first kappa shape index (κ1) is 20.9. The van der Waals surface area contributed by atoms with E-state index in [9.17, 15) is 14.4 Å². The number of nitrogens with one attached hydrogen (secondary N) is 1. The number of nitrogens with zero attached hydrogens (tertiary/aromatic N) is 2. The highest BCUT2D eigenvalue weighted by Gasteiger charge is 2.42. The largest absolute Gasteiger partial charge is 0.346 e. The standard InChI is InChI=1S/C24H23N3O3S/c1-14-7-5-6-8-17(14)21-26-16(13-31-21)12-25-20(28)15-9-10-18-19(11-15)23(30)27(22(18)29)24(2,3)4/h5-11,13H,12H2,1-4H3,(H,25,28). The van der Waals surface area contributed by atoms with Crippen LogP contribution >= 0.6 is 11.3 Å². The molecule has 158 valence electrons. The lowest BCUT2D eigenvalue weighted by atomic mass is 10.1. The number of carbonyl (C=O) groups is 3. The van der Waals surface area contributed by atoms with E-state index in [4.69, 9.17) is 0 Å². The van der Waals surface area contributed by atoms with Crippen molar-refractivity contribution in [2.45, 2.75) is 39.8 Å². The molecule has 4 rings (SSSR count). The van der Waals surface area contributed by atoms with Crippen molar-refractivity contribution in [2.24, 2.45) is 0 Å². The van der Waals surface area contributed by atoms with Gasteiger partial charge in [0.2, 0.25) is 0 Å². The Bertz CT molecular complexity index is 1210. The molecule has 0 fully saturated rings. The third-order valence-electron chi connectivity index (χ3n) is 5.18. The first-order chi connectivity index (χ1) is 14.7. The van der Waals surface area contributed by atoms with Crippen molar-refractivity contribution in [3.63, 3.8) is 0 Å². The number of amides is 3. The summed E-state index contributed by atoms with van der Waals surface area (Å²) in [5, 5.41) is 5.68. The topological polar surface area (TPSA) is 79.4 Å². The van der Waals surface area contributed by atoms with Crippen LogP contribution in [-0.4, -0.2) is 33.1 Å². The SMILES string of the molecule is Cc1ccccc1-c1nc(CNC(=O)c2ccc3c(c2)C(=O)N(C(C)(C)C)C3=O)cs1. The third-order valence-corrected chi connectivity index (χ3v) is 6.10. The van der Waals surface area contributed by atoms with Crippen LogP contribution in [0.15, 0.2) is 47.8 Å².